The lowest BCUT2D eigenvalue weighted by Crippen LogP contribution is -2.38. The fraction of sp³-hybridized carbons (Fsp3) is 0.304. The third-order valence-electron chi connectivity index (χ3n) is 4.63. The average Bonchev–Trinajstić information content (AvgIpc) is 3.30. The van der Waals surface area contributed by atoms with Gasteiger partial charge in [-0.25, -0.2) is 4.68 Å². The summed E-state index contributed by atoms with van der Waals surface area (Å²) < 4.78 is 7.47. The number of methoxy groups -OCH3 is 1. The number of aromatic nitrogens is 2. The van der Waals surface area contributed by atoms with E-state index in [2.05, 4.69) is 59.1 Å². The van der Waals surface area contributed by atoms with E-state index in [1.54, 1.807) is 13.3 Å². The van der Waals surface area contributed by atoms with Crippen LogP contribution >= 0.6 is 0 Å². The number of nitrogens with zero attached hydrogens (tertiary/aromatic N) is 3. The Bertz CT molecular complexity index is 860. The first kappa shape index (κ1) is 20.6. The Kier molecular flexibility index (Phi) is 7.83. The molecule has 0 radical (unpaired) electrons. The molecule has 152 valence electrons. The minimum absolute atomic E-state index is 0.0542. The second kappa shape index (κ2) is 11.0. The molecule has 0 aliphatic heterocycles. The fourth-order valence-electron chi connectivity index (χ4n) is 3.06. The highest BCUT2D eigenvalue weighted by molar-refractivity contribution is 5.79. The second-order valence-corrected chi connectivity index (χ2v) is 6.65. The summed E-state index contributed by atoms with van der Waals surface area (Å²) in [7, 11) is 1.72. The minimum atomic E-state index is -0.0542. The van der Waals surface area contributed by atoms with Gasteiger partial charge in [-0.2, -0.15) is 5.10 Å². The van der Waals surface area contributed by atoms with Crippen molar-refractivity contribution in [1.29, 1.82) is 0 Å². The second-order valence-electron chi connectivity index (χ2n) is 6.65. The average molecular weight is 392 g/mol. The van der Waals surface area contributed by atoms with E-state index in [-0.39, 0.29) is 6.10 Å². The van der Waals surface area contributed by atoms with Crippen molar-refractivity contribution >= 4 is 5.96 Å². The Morgan fingerprint density at radius 2 is 1.86 bits per heavy atom. The summed E-state index contributed by atoms with van der Waals surface area (Å²) in [5, 5.41) is 11.0. The minimum Gasteiger partial charge on any atom is -0.375 e. The van der Waals surface area contributed by atoms with Gasteiger partial charge in [0, 0.05) is 32.6 Å². The molecular weight excluding hydrogens is 362 g/mol. The Morgan fingerprint density at radius 1 is 1.07 bits per heavy atom. The highest BCUT2D eigenvalue weighted by atomic mass is 16.5. The summed E-state index contributed by atoms with van der Waals surface area (Å²) in [6, 6.07) is 20.6. The Labute approximate surface area is 172 Å². The SMILES string of the molecule is CCNC(=NCC(OC)c1ccccc1)NCCc1ccc(-n2cccn2)cc1. The molecule has 3 rings (SSSR count). The van der Waals surface area contributed by atoms with Gasteiger partial charge in [-0.1, -0.05) is 42.5 Å². The van der Waals surface area contributed by atoms with E-state index in [4.69, 9.17) is 9.73 Å². The van der Waals surface area contributed by atoms with Gasteiger partial charge in [-0.15, -0.1) is 0 Å². The lowest BCUT2D eigenvalue weighted by Gasteiger charge is -2.16. The Morgan fingerprint density at radius 3 is 2.52 bits per heavy atom. The van der Waals surface area contributed by atoms with Crippen molar-refractivity contribution in [3.63, 3.8) is 0 Å². The van der Waals surface area contributed by atoms with Crippen LogP contribution in [0.4, 0.5) is 0 Å². The van der Waals surface area contributed by atoms with Gasteiger partial charge in [0.15, 0.2) is 5.96 Å². The maximum Gasteiger partial charge on any atom is 0.191 e. The van der Waals surface area contributed by atoms with Crippen LogP contribution in [0.5, 0.6) is 0 Å². The normalized spacial score (nSPS) is 12.6. The van der Waals surface area contributed by atoms with Crippen LogP contribution in [0.1, 0.15) is 24.2 Å². The van der Waals surface area contributed by atoms with Gasteiger partial charge in [0.1, 0.15) is 6.10 Å². The molecule has 6 nitrogen and oxygen atoms in total. The molecule has 2 aromatic carbocycles. The van der Waals surface area contributed by atoms with Crippen LogP contribution in [0, 0.1) is 0 Å². The lowest BCUT2D eigenvalue weighted by atomic mass is 10.1. The molecule has 29 heavy (non-hydrogen) atoms. The van der Waals surface area contributed by atoms with Crippen LogP contribution in [0.25, 0.3) is 5.69 Å². The molecular formula is C23H29N5O. The lowest BCUT2D eigenvalue weighted by molar-refractivity contribution is 0.111. The fourth-order valence-corrected chi connectivity index (χ4v) is 3.06. The topological polar surface area (TPSA) is 63.5 Å². The summed E-state index contributed by atoms with van der Waals surface area (Å²) in [5.74, 6) is 0.804. The maximum atomic E-state index is 5.61. The number of hydrogen-bond acceptors (Lipinski definition) is 3. The predicted molar refractivity (Wildman–Crippen MR) is 117 cm³/mol. The van der Waals surface area contributed by atoms with E-state index < -0.39 is 0 Å². The van der Waals surface area contributed by atoms with Crippen LogP contribution in [0.3, 0.4) is 0 Å². The molecule has 0 spiro atoms. The molecule has 0 aliphatic carbocycles. The van der Waals surface area contributed by atoms with Gasteiger partial charge in [-0.3, -0.25) is 4.99 Å². The zero-order valence-corrected chi connectivity index (χ0v) is 17.1. The highest BCUT2D eigenvalue weighted by Crippen LogP contribution is 2.16. The molecule has 3 aromatic rings. The molecule has 1 heterocycles. The van der Waals surface area contributed by atoms with Crippen LogP contribution in [0.2, 0.25) is 0 Å². The molecule has 0 saturated heterocycles. The molecule has 0 bridgehead atoms. The standard InChI is InChI=1S/C23H29N5O/c1-3-24-23(26-18-22(29-2)20-8-5-4-6-9-20)25-16-14-19-10-12-21(13-11-19)28-17-7-15-27-28/h4-13,15,17,22H,3,14,16,18H2,1-2H3,(H2,24,25,26). The highest BCUT2D eigenvalue weighted by Gasteiger charge is 2.09. The molecule has 0 fully saturated rings. The zero-order chi connectivity index (χ0) is 20.3. The number of benzene rings is 2. The summed E-state index contributed by atoms with van der Waals surface area (Å²) in [6.07, 6.45) is 4.58. The van der Waals surface area contributed by atoms with Crippen molar-refractivity contribution in [1.82, 2.24) is 20.4 Å². The van der Waals surface area contributed by atoms with Gasteiger partial charge >= 0.3 is 0 Å². The first-order valence-electron chi connectivity index (χ1n) is 9.99. The number of nitrogens with one attached hydrogen (secondary N) is 2. The molecule has 1 unspecified atom stereocenters. The van der Waals surface area contributed by atoms with Gasteiger partial charge in [0.2, 0.25) is 0 Å². The molecule has 2 N–H and O–H groups in total. The molecule has 6 heteroatoms. The Hall–Kier alpha value is -3.12. The van der Waals surface area contributed by atoms with Gasteiger partial charge in [-0.05, 0) is 42.7 Å². The summed E-state index contributed by atoms with van der Waals surface area (Å²) in [4.78, 5) is 4.70. The van der Waals surface area contributed by atoms with E-state index in [0.29, 0.717) is 6.54 Å². The monoisotopic (exact) mass is 391 g/mol. The van der Waals surface area contributed by atoms with Crippen molar-refractivity contribution in [3.05, 3.63) is 84.2 Å². The smallest absolute Gasteiger partial charge is 0.191 e. The van der Waals surface area contributed by atoms with Crippen molar-refractivity contribution < 1.29 is 4.74 Å². The van der Waals surface area contributed by atoms with Gasteiger partial charge in [0.05, 0.1) is 12.2 Å². The predicted octanol–water partition coefficient (Wildman–Crippen LogP) is 3.36. The van der Waals surface area contributed by atoms with Crippen molar-refractivity contribution in [2.45, 2.75) is 19.4 Å². The largest absolute Gasteiger partial charge is 0.375 e. The molecule has 1 atom stereocenters. The molecule has 0 aliphatic rings. The summed E-state index contributed by atoms with van der Waals surface area (Å²) >= 11 is 0. The third kappa shape index (κ3) is 6.19. The molecule has 0 amide bonds. The zero-order valence-electron chi connectivity index (χ0n) is 17.1. The number of hydrogen-bond donors (Lipinski definition) is 2. The van der Waals surface area contributed by atoms with E-state index in [9.17, 15) is 0 Å². The van der Waals surface area contributed by atoms with E-state index >= 15 is 0 Å². The van der Waals surface area contributed by atoms with E-state index in [1.165, 1.54) is 5.56 Å². The number of aliphatic imine (C=N–C) groups is 1. The molecule has 1 aromatic heterocycles. The first-order valence-corrected chi connectivity index (χ1v) is 9.99. The van der Waals surface area contributed by atoms with Crippen LogP contribution in [0.15, 0.2) is 78.0 Å². The van der Waals surface area contributed by atoms with Gasteiger partial charge < -0.3 is 15.4 Å². The maximum absolute atomic E-state index is 5.61. The van der Waals surface area contributed by atoms with Gasteiger partial charge in [0.25, 0.3) is 0 Å². The number of guanidine groups is 1. The summed E-state index contributed by atoms with van der Waals surface area (Å²) in [5.41, 5.74) is 3.46. The number of ether oxygens (including phenoxy) is 1. The van der Waals surface area contributed by atoms with Crippen LogP contribution in [-0.2, 0) is 11.2 Å². The first-order chi connectivity index (χ1) is 14.3. The quantitative estimate of drug-likeness (QED) is 0.434. The van der Waals surface area contributed by atoms with Crippen LogP contribution in [-0.4, -0.2) is 42.5 Å². The van der Waals surface area contributed by atoms with E-state index in [0.717, 1.165) is 36.7 Å². The van der Waals surface area contributed by atoms with Crippen molar-refractivity contribution in [2.75, 3.05) is 26.7 Å². The summed E-state index contributed by atoms with van der Waals surface area (Å²) in [6.45, 7) is 4.24. The van der Waals surface area contributed by atoms with E-state index in [1.807, 2.05) is 35.1 Å². The van der Waals surface area contributed by atoms with Crippen molar-refractivity contribution in [2.24, 2.45) is 4.99 Å². The number of rotatable bonds is 9. The third-order valence-corrected chi connectivity index (χ3v) is 4.63. The van der Waals surface area contributed by atoms with Crippen molar-refractivity contribution in [3.8, 4) is 5.69 Å². The molecule has 0 saturated carbocycles. The Balaban J connectivity index is 1.53. The van der Waals surface area contributed by atoms with Crippen LogP contribution < -0.4 is 10.6 Å².